The van der Waals surface area contributed by atoms with Gasteiger partial charge in [0, 0.05) is 24.8 Å². The van der Waals surface area contributed by atoms with Crippen LogP contribution in [-0.2, 0) is 6.42 Å². The molecule has 1 aliphatic carbocycles. The molecule has 2 aliphatic rings. The maximum atomic E-state index is 16.1. The molecule has 2 bridgehead atoms. The van der Waals surface area contributed by atoms with Gasteiger partial charge in [-0.2, -0.15) is 0 Å². The molecule has 2 aromatic heterocycles. The van der Waals surface area contributed by atoms with Gasteiger partial charge in [0.25, 0.3) is 0 Å². The summed E-state index contributed by atoms with van der Waals surface area (Å²) < 4.78 is 16.1. The lowest BCUT2D eigenvalue weighted by Gasteiger charge is -2.33. The second-order valence-electron chi connectivity index (χ2n) is 9.59. The quantitative estimate of drug-likeness (QED) is 0.309. The fourth-order valence-corrected chi connectivity index (χ4v) is 5.93. The van der Waals surface area contributed by atoms with Crippen LogP contribution in [0.1, 0.15) is 65.3 Å². The number of rotatable bonds is 3. The van der Waals surface area contributed by atoms with Crippen LogP contribution in [0.3, 0.4) is 0 Å². The predicted molar refractivity (Wildman–Crippen MR) is 152 cm³/mol. The van der Waals surface area contributed by atoms with Crippen molar-refractivity contribution >= 4 is 27.5 Å². The molecule has 0 amide bonds. The van der Waals surface area contributed by atoms with Crippen molar-refractivity contribution < 1.29 is 9.50 Å². The topological polar surface area (TPSA) is 62.1 Å². The Morgan fingerprint density at radius 2 is 1.73 bits per heavy atom. The summed E-state index contributed by atoms with van der Waals surface area (Å²) in [4.78, 5) is 16.1. The van der Waals surface area contributed by atoms with Gasteiger partial charge in [-0.05, 0) is 72.9 Å². The summed E-state index contributed by atoms with van der Waals surface area (Å²) in [5, 5.41) is 12.8. The number of anilines is 1. The fourth-order valence-electron chi connectivity index (χ4n) is 5.93. The normalized spacial score (nSPS) is 18.3. The summed E-state index contributed by atoms with van der Waals surface area (Å²) in [7, 11) is 0. The summed E-state index contributed by atoms with van der Waals surface area (Å²) in [5.74, 6) is 2.37. The SMILES string of the molecule is CC.CC.CCc1cccc2cc(O)cc(-c3ncc4c(N5CC6CCC(C6)C5)nc(C)nc4c3F)c12. The molecule has 1 aliphatic heterocycles. The third kappa shape index (κ3) is 4.98. The molecule has 1 saturated carbocycles. The third-order valence-electron chi connectivity index (χ3n) is 7.37. The van der Waals surface area contributed by atoms with Crippen molar-refractivity contribution in [1.82, 2.24) is 15.0 Å². The molecule has 2 unspecified atom stereocenters. The summed E-state index contributed by atoms with van der Waals surface area (Å²) in [5.41, 5.74) is 2.20. The van der Waals surface area contributed by atoms with Crippen LogP contribution in [0.25, 0.3) is 32.9 Å². The first kappa shape index (κ1) is 26.8. The number of pyridine rings is 1. The van der Waals surface area contributed by atoms with Crippen molar-refractivity contribution in [2.24, 2.45) is 11.8 Å². The first-order chi connectivity index (χ1) is 18.0. The molecule has 6 rings (SSSR count). The first-order valence-electron chi connectivity index (χ1n) is 13.8. The van der Waals surface area contributed by atoms with Gasteiger partial charge in [-0.3, -0.25) is 4.98 Å². The molecule has 2 aromatic carbocycles. The van der Waals surface area contributed by atoms with Crippen molar-refractivity contribution in [3.05, 3.63) is 53.7 Å². The molecule has 5 nitrogen and oxygen atoms in total. The number of piperidine rings is 1. The van der Waals surface area contributed by atoms with E-state index in [1.807, 2.05) is 52.8 Å². The molecular formula is C31H39FN4O. The largest absolute Gasteiger partial charge is 0.508 e. The molecule has 4 aromatic rings. The van der Waals surface area contributed by atoms with E-state index in [9.17, 15) is 5.11 Å². The maximum Gasteiger partial charge on any atom is 0.175 e. The zero-order valence-corrected chi connectivity index (χ0v) is 23.0. The van der Waals surface area contributed by atoms with Gasteiger partial charge in [0.05, 0.1) is 5.39 Å². The van der Waals surface area contributed by atoms with Crippen LogP contribution >= 0.6 is 0 Å². The number of aromatic nitrogens is 3. The minimum absolute atomic E-state index is 0.0930. The van der Waals surface area contributed by atoms with E-state index < -0.39 is 5.82 Å². The molecular weight excluding hydrogens is 463 g/mol. The van der Waals surface area contributed by atoms with Crippen LogP contribution in [0.5, 0.6) is 5.75 Å². The summed E-state index contributed by atoms with van der Waals surface area (Å²) >= 11 is 0. The van der Waals surface area contributed by atoms with Gasteiger partial charge < -0.3 is 10.0 Å². The number of phenols is 1. The lowest BCUT2D eigenvalue weighted by Crippen LogP contribution is -2.37. The van der Waals surface area contributed by atoms with E-state index in [0.29, 0.717) is 34.1 Å². The highest BCUT2D eigenvalue weighted by atomic mass is 19.1. The van der Waals surface area contributed by atoms with Crippen LogP contribution in [0.4, 0.5) is 10.2 Å². The van der Waals surface area contributed by atoms with Crippen LogP contribution in [-0.4, -0.2) is 33.1 Å². The maximum absolute atomic E-state index is 16.1. The van der Waals surface area contributed by atoms with Crippen molar-refractivity contribution in [3.63, 3.8) is 0 Å². The average Bonchev–Trinajstić information content (AvgIpc) is 3.27. The molecule has 0 spiro atoms. The van der Waals surface area contributed by atoms with E-state index in [1.54, 1.807) is 18.3 Å². The standard InChI is InChI=1S/C27H27FN4O.2C2H6/c1-3-18-5-4-6-19-10-20(33)11-21(23(18)19)25-24(28)26-22(12-29-25)27(31-15(2)30-26)32-13-16-7-8-17(9-16)14-32;2*1-2/h4-6,10-12,16-17,33H,3,7-9,13-14H2,1-2H3;2*1-2H3. The molecule has 1 saturated heterocycles. The lowest BCUT2D eigenvalue weighted by atomic mass is 9.95. The van der Waals surface area contributed by atoms with Crippen molar-refractivity contribution in [2.45, 2.75) is 67.2 Å². The summed E-state index contributed by atoms with van der Waals surface area (Å²) in [6, 6.07) is 9.26. The molecule has 1 N–H and O–H groups in total. The van der Waals surface area contributed by atoms with Crippen LogP contribution < -0.4 is 4.90 Å². The number of benzene rings is 2. The molecule has 196 valence electrons. The molecule has 0 radical (unpaired) electrons. The van der Waals surface area contributed by atoms with E-state index in [-0.39, 0.29) is 11.4 Å². The molecule has 6 heteroatoms. The van der Waals surface area contributed by atoms with Gasteiger partial charge in [0.15, 0.2) is 5.82 Å². The Morgan fingerprint density at radius 1 is 1.03 bits per heavy atom. The van der Waals surface area contributed by atoms with Gasteiger partial charge in [0.1, 0.15) is 28.6 Å². The highest BCUT2D eigenvalue weighted by molar-refractivity contribution is 6.01. The van der Waals surface area contributed by atoms with Crippen LogP contribution in [0.2, 0.25) is 0 Å². The van der Waals surface area contributed by atoms with E-state index in [1.165, 1.54) is 19.3 Å². The zero-order chi connectivity index (χ0) is 26.7. The number of aryl methyl sites for hydroxylation is 2. The monoisotopic (exact) mass is 502 g/mol. The fraction of sp³-hybridized carbons (Fsp3) is 0.452. The van der Waals surface area contributed by atoms with Crippen molar-refractivity contribution in [1.29, 1.82) is 0 Å². The number of aromatic hydroxyl groups is 1. The minimum atomic E-state index is -0.461. The Kier molecular flexibility index (Phi) is 8.25. The van der Waals surface area contributed by atoms with E-state index in [0.717, 1.165) is 41.7 Å². The second kappa shape index (κ2) is 11.4. The zero-order valence-electron chi connectivity index (χ0n) is 23.0. The number of hydrogen-bond acceptors (Lipinski definition) is 5. The number of phenolic OH excluding ortho intramolecular Hbond substituents is 1. The van der Waals surface area contributed by atoms with Gasteiger partial charge in [0.2, 0.25) is 0 Å². The number of halogens is 1. The third-order valence-corrected chi connectivity index (χ3v) is 7.37. The van der Waals surface area contributed by atoms with Crippen molar-refractivity contribution in [3.8, 4) is 17.0 Å². The molecule has 2 atom stereocenters. The molecule has 37 heavy (non-hydrogen) atoms. The smallest absolute Gasteiger partial charge is 0.175 e. The highest BCUT2D eigenvalue weighted by Gasteiger charge is 2.34. The van der Waals surface area contributed by atoms with Crippen LogP contribution in [0, 0.1) is 24.6 Å². The Morgan fingerprint density at radius 3 is 2.41 bits per heavy atom. The minimum Gasteiger partial charge on any atom is -0.508 e. The van der Waals surface area contributed by atoms with Gasteiger partial charge in [-0.1, -0.05) is 52.8 Å². The molecule has 2 fully saturated rings. The summed E-state index contributed by atoms with van der Waals surface area (Å²) in [6.07, 6.45) is 6.34. The van der Waals surface area contributed by atoms with Crippen molar-refractivity contribution in [2.75, 3.05) is 18.0 Å². The predicted octanol–water partition coefficient (Wildman–Crippen LogP) is 7.85. The Balaban J connectivity index is 0.000000765. The highest BCUT2D eigenvalue weighted by Crippen LogP contribution is 2.41. The molecule has 3 heterocycles. The van der Waals surface area contributed by atoms with Crippen LogP contribution in [0.15, 0.2) is 36.5 Å². The van der Waals surface area contributed by atoms with Gasteiger partial charge in [-0.25, -0.2) is 14.4 Å². The van der Waals surface area contributed by atoms with E-state index >= 15 is 4.39 Å². The number of nitrogens with zero attached hydrogens (tertiary/aromatic N) is 4. The number of hydrogen-bond donors (Lipinski definition) is 1. The Labute approximate surface area is 219 Å². The Bertz CT molecular complexity index is 1390. The second-order valence-corrected chi connectivity index (χ2v) is 9.59. The van der Waals surface area contributed by atoms with Gasteiger partial charge in [-0.15, -0.1) is 0 Å². The number of fused-ring (bicyclic) bond motifs is 4. The Hall–Kier alpha value is -3.28. The van der Waals surface area contributed by atoms with E-state index in [2.05, 4.69) is 21.8 Å². The average molecular weight is 503 g/mol. The lowest BCUT2D eigenvalue weighted by molar-refractivity contribution is 0.419. The first-order valence-corrected chi connectivity index (χ1v) is 13.8. The van der Waals surface area contributed by atoms with Gasteiger partial charge >= 0.3 is 0 Å². The van der Waals surface area contributed by atoms with E-state index in [4.69, 9.17) is 4.98 Å². The summed E-state index contributed by atoms with van der Waals surface area (Å²) in [6.45, 7) is 13.8.